The lowest BCUT2D eigenvalue weighted by Crippen LogP contribution is -2.30. The molecule has 0 amide bonds. The van der Waals surface area contributed by atoms with Gasteiger partial charge in [-0.3, -0.25) is 4.79 Å². The number of nitrogens with one attached hydrogen (secondary N) is 1. The SMILES string of the molecule is CCC(C(=O)O)C(NC)c1cccc(Br)c1. The molecule has 1 aromatic carbocycles. The zero-order valence-corrected chi connectivity index (χ0v) is 11.0. The lowest BCUT2D eigenvalue weighted by molar-refractivity contribution is -0.143. The maximum atomic E-state index is 11.1. The second-order valence-electron chi connectivity index (χ2n) is 3.67. The highest BCUT2D eigenvalue weighted by atomic mass is 79.9. The van der Waals surface area contributed by atoms with Crippen molar-refractivity contribution >= 4 is 21.9 Å². The standard InChI is InChI=1S/C12H16BrNO2/c1-3-10(12(15)16)11(14-2)8-5-4-6-9(13)7-8/h4-7,10-11,14H,3H2,1-2H3,(H,15,16). The van der Waals surface area contributed by atoms with Crippen molar-refractivity contribution < 1.29 is 9.90 Å². The van der Waals surface area contributed by atoms with Gasteiger partial charge in [-0.05, 0) is 31.2 Å². The summed E-state index contributed by atoms with van der Waals surface area (Å²) >= 11 is 3.39. The molecule has 0 aromatic heterocycles. The maximum absolute atomic E-state index is 11.1. The van der Waals surface area contributed by atoms with E-state index < -0.39 is 11.9 Å². The first-order valence-electron chi connectivity index (χ1n) is 5.25. The molecule has 0 aliphatic carbocycles. The first-order valence-corrected chi connectivity index (χ1v) is 6.05. The van der Waals surface area contributed by atoms with Gasteiger partial charge in [0.15, 0.2) is 0 Å². The van der Waals surface area contributed by atoms with Gasteiger partial charge in [-0.25, -0.2) is 0 Å². The second-order valence-corrected chi connectivity index (χ2v) is 4.59. The number of benzene rings is 1. The van der Waals surface area contributed by atoms with Crippen LogP contribution in [-0.4, -0.2) is 18.1 Å². The summed E-state index contributed by atoms with van der Waals surface area (Å²) in [5, 5.41) is 12.2. The molecule has 16 heavy (non-hydrogen) atoms. The van der Waals surface area contributed by atoms with Gasteiger partial charge < -0.3 is 10.4 Å². The largest absolute Gasteiger partial charge is 0.481 e. The van der Waals surface area contributed by atoms with Gasteiger partial charge in [0, 0.05) is 10.5 Å². The highest BCUT2D eigenvalue weighted by molar-refractivity contribution is 9.10. The summed E-state index contributed by atoms with van der Waals surface area (Å²) in [6.07, 6.45) is 0.605. The molecule has 2 N–H and O–H groups in total. The predicted molar refractivity (Wildman–Crippen MR) is 67.4 cm³/mol. The molecule has 4 heteroatoms. The Morgan fingerprint density at radius 2 is 2.25 bits per heavy atom. The summed E-state index contributed by atoms with van der Waals surface area (Å²) in [4.78, 5) is 11.1. The van der Waals surface area contributed by atoms with Crippen LogP contribution in [0.1, 0.15) is 24.9 Å². The second kappa shape index (κ2) is 6.01. The number of carbonyl (C=O) groups is 1. The first kappa shape index (κ1) is 13.2. The highest BCUT2D eigenvalue weighted by Gasteiger charge is 2.26. The molecule has 1 rings (SSSR count). The lowest BCUT2D eigenvalue weighted by atomic mass is 9.91. The fourth-order valence-corrected chi connectivity index (χ4v) is 2.27. The van der Waals surface area contributed by atoms with Crippen molar-refractivity contribution in [3.63, 3.8) is 0 Å². The molecule has 0 saturated heterocycles. The van der Waals surface area contributed by atoms with E-state index in [2.05, 4.69) is 21.2 Å². The molecule has 1 aromatic rings. The Labute approximate surface area is 104 Å². The molecule has 0 aliphatic rings. The average molecular weight is 286 g/mol. The number of hydrogen-bond donors (Lipinski definition) is 2. The number of aliphatic carboxylic acids is 1. The molecule has 0 bridgehead atoms. The van der Waals surface area contributed by atoms with Crippen LogP contribution in [0.15, 0.2) is 28.7 Å². The minimum absolute atomic E-state index is 0.153. The van der Waals surface area contributed by atoms with E-state index in [1.807, 2.05) is 31.2 Å². The Morgan fingerprint density at radius 3 is 2.69 bits per heavy atom. The van der Waals surface area contributed by atoms with E-state index in [4.69, 9.17) is 5.11 Å². The van der Waals surface area contributed by atoms with E-state index in [1.54, 1.807) is 7.05 Å². The summed E-state index contributed by atoms with van der Waals surface area (Å²) in [7, 11) is 1.79. The highest BCUT2D eigenvalue weighted by Crippen LogP contribution is 2.26. The van der Waals surface area contributed by atoms with E-state index in [0.29, 0.717) is 6.42 Å². The Balaban J connectivity index is 3.01. The molecule has 0 radical (unpaired) electrons. The van der Waals surface area contributed by atoms with Gasteiger partial charge in [-0.2, -0.15) is 0 Å². The molecule has 0 spiro atoms. The summed E-state index contributed by atoms with van der Waals surface area (Å²) in [5.74, 6) is -1.17. The molecule has 0 saturated carbocycles. The molecular formula is C12H16BrNO2. The van der Waals surface area contributed by atoms with Crippen molar-refractivity contribution in [2.24, 2.45) is 5.92 Å². The van der Waals surface area contributed by atoms with Crippen LogP contribution in [0.3, 0.4) is 0 Å². The third-order valence-corrected chi connectivity index (χ3v) is 3.17. The molecule has 0 aliphatic heterocycles. The van der Waals surface area contributed by atoms with Gasteiger partial charge in [0.2, 0.25) is 0 Å². The predicted octanol–water partition coefficient (Wildman–Crippen LogP) is 2.82. The quantitative estimate of drug-likeness (QED) is 0.875. The third kappa shape index (κ3) is 3.06. The van der Waals surface area contributed by atoms with Crippen LogP contribution < -0.4 is 5.32 Å². The lowest BCUT2D eigenvalue weighted by Gasteiger charge is -2.23. The Morgan fingerprint density at radius 1 is 1.56 bits per heavy atom. The van der Waals surface area contributed by atoms with Crippen LogP contribution in [0, 0.1) is 5.92 Å². The average Bonchev–Trinajstić information content (AvgIpc) is 2.25. The van der Waals surface area contributed by atoms with Crippen LogP contribution >= 0.6 is 15.9 Å². The van der Waals surface area contributed by atoms with E-state index in [-0.39, 0.29) is 6.04 Å². The number of carboxylic acids is 1. The van der Waals surface area contributed by atoms with Crippen molar-refractivity contribution in [1.29, 1.82) is 0 Å². The summed E-state index contributed by atoms with van der Waals surface area (Å²) in [6, 6.07) is 7.58. The fraction of sp³-hybridized carbons (Fsp3) is 0.417. The van der Waals surface area contributed by atoms with Gasteiger partial charge in [0.05, 0.1) is 5.92 Å². The zero-order chi connectivity index (χ0) is 12.1. The smallest absolute Gasteiger partial charge is 0.308 e. The molecular weight excluding hydrogens is 270 g/mol. The minimum atomic E-state index is -0.762. The van der Waals surface area contributed by atoms with Gasteiger partial charge in [-0.15, -0.1) is 0 Å². The van der Waals surface area contributed by atoms with Crippen LogP contribution in [0.5, 0.6) is 0 Å². The van der Waals surface area contributed by atoms with Gasteiger partial charge in [0.1, 0.15) is 0 Å². The summed E-state index contributed by atoms with van der Waals surface area (Å²) < 4.78 is 0.963. The molecule has 0 heterocycles. The fourth-order valence-electron chi connectivity index (χ4n) is 1.85. The van der Waals surface area contributed by atoms with E-state index >= 15 is 0 Å². The topological polar surface area (TPSA) is 49.3 Å². The van der Waals surface area contributed by atoms with Crippen LogP contribution in [-0.2, 0) is 4.79 Å². The van der Waals surface area contributed by atoms with E-state index in [1.165, 1.54) is 0 Å². The van der Waals surface area contributed by atoms with Crippen molar-refractivity contribution in [2.75, 3.05) is 7.05 Å². The molecule has 88 valence electrons. The summed E-state index contributed by atoms with van der Waals surface area (Å²) in [5.41, 5.74) is 0.992. The molecule has 3 nitrogen and oxygen atoms in total. The van der Waals surface area contributed by atoms with Gasteiger partial charge >= 0.3 is 5.97 Å². The molecule has 2 unspecified atom stereocenters. The molecule has 0 fully saturated rings. The van der Waals surface area contributed by atoms with Crippen molar-refractivity contribution in [1.82, 2.24) is 5.32 Å². The Kier molecular flexibility index (Phi) is 4.96. The van der Waals surface area contributed by atoms with Crippen molar-refractivity contribution in [2.45, 2.75) is 19.4 Å². The van der Waals surface area contributed by atoms with Crippen LogP contribution in [0.4, 0.5) is 0 Å². The van der Waals surface area contributed by atoms with Gasteiger partial charge in [0.25, 0.3) is 0 Å². The van der Waals surface area contributed by atoms with Crippen LogP contribution in [0.2, 0.25) is 0 Å². The Hall–Kier alpha value is -0.870. The number of rotatable bonds is 5. The van der Waals surface area contributed by atoms with Gasteiger partial charge in [-0.1, -0.05) is 35.0 Å². The number of halogens is 1. The number of hydrogen-bond acceptors (Lipinski definition) is 2. The normalized spacial score (nSPS) is 14.4. The van der Waals surface area contributed by atoms with E-state index in [9.17, 15) is 4.79 Å². The first-order chi connectivity index (χ1) is 7.60. The zero-order valence-electron chi connectivity index (χ0n) is 9.40. The summed E-state index contributed by atoms with van der Waals surface area (Å²) in [6.45, 7) is 1.89. The maximum Gasteiger partial charge on any atom is 0.308 e. The minimum Gasteiger partial charge on any atom is -0.481 e. The van der Waals surface area contributed by atoms with E-state index in [0.717, 1.165) is 10.0 Å². The third-order valence-electron chi connectivity index (χ3n) is 2.68. The van der Waals surface area contributed by atoms with Crippen molar-refractivity contribution in [3.05, 3.63) is 34.3 Å². The Bertz CT molecular complexity index is 368. The monoisotopic (exact) mass is 285 g/mol. The number of carboxylic acid groups (broad SMARTS) is 1. The van der Waals surface area contributed by atoms with Crippen molar-refractivity contribution in [3.8, 4) is 0 Å². The molecule has 2 atom stereocenters. The van der Waals surface area contributed by atoms with Crippen LogP contribution in [0.25, 0.3) is 0 Å².